The Labute approximate surface area is 125 Å². The van der Waals surface area contributed by atoms with Gasteiger partial charge in [-0.3, -0.25) is 9.59 Å². The number of ether oxygens (including phenoxy) is 2. The second-order valence-electron chi connectivity index (χ2n) is 4.93. The number of amides is 1. The number of carbonyl (C=O) groups is 2. The summed E-state index contributed by atoms with van der Waals surface area (Å²) in [5, 5.41) is 2.79. The van der Waals surface area contributed by atoms with Gasteiger partial charge in [-0.1, -0.05) is 0 Å². The van der Waals surface area contributed by atoms with E-state index in [1.54, 1.807) is 32.2 Å². The Morgan fingerprint density at radius 1 is 1.33 bits per heavy atom. The Hall–Kier alpha value is -1.88. The van der Waals surface area contributed by atoms with Crippen molar-refractivity contribution in [3.63, 3.8) is 0 Å². The summed E-state index contributed by atoms with van der Waals surface area (Å²) < 4.78 is 10.6. The Balaban J connectivity index is 2.56. The lowest BCUT2D eigenvalue weighted by Crippen LogP contribution is -2.37. The largest absolute Gasteiger partial charge is 0.481 e. The molecule has 5 heteroatoms. The smallest absolute Gasteiger partial charge is 0.260 e. The maximum Gasteiger partial charge on any atom is 0.260 e. The first kappa shape index (κ1) is 17.2. The predicted molar refractivity (Wildman–Crippen MR) is 80.8 cm³/mol. The number of benzene rings is 1. The minimum atomic E-state index is -0.588. The highest BCUT2D eigenvalue weighted by Gasteiger charge is 2.15. The number of aryl methyl sites for hydroxylation is 1. The number of hydrogen-bond donors (Lipinski definition) is 1. The van der Waals surface area contributed by atoms with E-state index in [2.05, 4.69) is 5.32 Å². The maximum absolute atomic E-state index is 11.9. The average Bonchev–Trinajstić information content (AvgIpc) is 2.45. The SMILES string of the molecule is COCCCNC(=O)C(C)Oc1ccc(C(C)=O)cc1C. The lowest BCUT2D eigenvalue weighted by atomic mass is 10.1. The monoisotopic (exact) mass is 293 g/mol. The second kappa shape index (κ2) is 8.42. The van der Waals surface area contributed by atoms with E-state index in [-0.39, 0.29) is 11.7 Å². The van der Waals surface area contributed by atoms with E-state index < -0.39 is 6.10 Å². The van der Waals surface area contributed by atoms with Crippen LogP contribution >= 0.6 is 0 Å². The van der Waals surface area contributed by atoms with Crippen LogP contribution in [0.1, 0.15) is 36.2 Å². The van der Waals surface area contributed by atoms with Gasteiger partial charge in [-0.2, -0.15) is 0 Å². The van der Waals surface area contributed by atoms with E-state index in [1.807, 2.05) is 6.92 Å². The summed E-state index contributed by atoms with van der Waals surface area (Å²) in [5.41, 5.74) is 1.47. The summed E-state index contributed by atoms with van der Waals surface area (Å²) in [5.74, 6) is 0.453. The summed E-state index contributed by atoms with van der Waals surface area (Å²) in [6.45, 7) is 6.24. The molecule has 0 saturated carbocycles. The van der Waals surface area contributed by atoms with Crippen LogP contribution in [0, 0.1) is 6.92 Å². The minimum absolute atomic E-state index is 0.00795. The van der Waals surface area contributed by atoms with Crippen molar-refractivity contribution in [2.24, 2.45) is 0 Å². The molecule has 5 nitrogen and oxygen atoms in total. The zero-order chi connectivity index (χ0) is 15.8. The molecule has 0 aliphatic rings. The van der Waals surface area contributed by atoms with Gasteiger partial charge in [0.25, 0.3) is 5.91 Å². The van der Waals surface area contributed by atoms with Crippen molar-refractivity contribution >= 4 is 11.7 Å². The number of carbonyl (C=O) groups excluding carboxylic acids is 2. The topological polar surface area (TPSA) is 64.6 Å². The normalized spacial score (nSPS) is 11.8. The molecule has 0 spiro atoms. The number of methoxy groups -OCH3 is 1. The molecular weight excluding hydrogens is 270 g/mol. The van der Waals surface area contributed by atoms with Gasteiger partial charge in [0, 0.05) is 25.8 Å². The predicted octanol–water partition coefficient (Wildman–Crippen LogP) is 2.12. The summed E-state index contributed by atoms with van der Waals surface area (Å²) in [7, 11) is 1.63. The minimum Gasteiger partial charge on any atom is -0.481 e. The molecule has 0 aliphatic carbocycles. The summed E-state index contributed by atoms with van der Waals surface area (Å²) in [6, 6.07) is 5.19. The summed E-state index contributed by atoms with van der Waals surface area (Å²) in [4.78, 5) is 23.2. The van der Waals surface area contributed by atoms with Gasteiger partial charge in [-0.05, 0) is 51.0 Å². The third-order valence-corrected chi connectivity index (χ3v) is 3.08. The van der Waals surface area contributed by atoms with Crippen molar-refractivity contribution in [2.45, 2.75) is 33.3 Å². The third kappa shape index (κ3) is 5.55. The van der Waals surface area contributed by atoms with E-state index in [9.17, 15) is 9.59 Å². The number of Topliss-reactive ketones (excluding diaryl/α,β-unsaturated/α-hetero) is 1. The van der Waals surface area contributed by atoms with Crippen LogP contribution < -0.4 is 10.1 Å². The molecule has 1 unspecified atom stereocenters. The molecule has 1 aromatic carbocycles. The quantitative estimate of drug-likeness (QED) is 0.589. The van der Waals surface area contributed by atoms with Gasteiger partial charge in [0.05, 0.1) is 0 Å². The van der Waals surface area contributed by atoms with E-state index >= 15 is 0 Å². The molecule has 0 bridgehead atoms. The molecule has 0 heterocycles. The molecule has 116 valence electrons. The molecule has 1 amide bonds. The highest BCUT2D eigenvalue weighted by atomic mass is 16.5. The van der Waals surface area contributed by atoms with Crippen LogP contribution in [0.2, 0.25) is 0 Å². The van der Waals surface area contributed by atoms with Gasteiger partial charge in [-0.15, -0.1) is 0 Å². The zero-order valence-corrected chi connectivity index (χ0v) is 13.1. The van der Waals surface area contributed by atoms with Crippen LogP contribution in [0.25, 0.3) is 0 Å². The molecule has 21 heavy (non-hydrogen) atoms. The van der Waals surface area contributed by atoms with Crippen molar-refractivity contribution in [1.82, 2.24) is 5.32 Å². The first-order valence-electron chi connectivity index (χ1n) is 7.00. The Morgan fingerprint density at radius 2 is 2.05 bits per heavy atom. The van der Waals surface area contributed by atoms with Gasteiger partial charge in [0.1, 0.15) is 5.75 Å². The maximum atomic E-state index is 11.9. The zero-order valence-electron chi connectivity index (χ0n) is 13.1. The molecule has 0 aromatic heterocycles. The van der Waals surface area contributed by atoms with Crippen LogP contribution in [0.3, 0.4) is 0 Å². The average molecular weight is 293 g/mol. The van der Waals surface area contributed by atoms with Crippen LogP contribution in [0.5, 0.6) is 5.75 Å². The second-order valence-corrected chi connectivity index (χ2v) is 4.93. The van der Waals surface area contributed by atoms with Crippen LogP contribution in [0.15, 0.2) is 18.2 Å². The molecule has 0 fully saturated rings. The molecular formula is C16H23NO4. The van der Waals surface area contributed by atoms with Crippen molar-refractivity contribution in [3.8, 4) is 5.75 Å². The summed E-state index contributed by atoms with van der Waals surface area (Å²) in [6.07, 6.45) is 0.177. The highest BCUT2D eigenvalue weighted by molar-refractivity contribution is 5.94. The fraction of sp³-hybridized carbons (Fsp3) is 0.500. The van der Waals surface area contributed by atoms with E-state index in [1.165, 1.54) is 6.92 Å². The van der Waals surface area contributed by atoms with Gasteiger partial charge in [0.15, 0.2) is 11.9 Å². The molecule has 1 atom stereocenters. The van der Waals surface area contributed by atoms with E-state index in [0.717, 1.165) is 12.0 Å². The molecule has 0 radical (unpaired) electrons. The van der Waals surface area contributed by atoms with Gasteiger partial charge < -0.3 is 14.8 Å². The molecule has 0 saturated heterocycles. The third-order valence-electron chi connectivity index (χ3n) is 3.08. The van der Waals surface area contributed by atoms with Gasteiger partial charge >= 0.3 is 0 Å². The van der Waals surface area contributed by atoms with Gasteiger partial charge in [0.2, 0.25) is 0 Å². The van der Waals surface area contributed by atoms with Gasteiger partial charge in [-0.25, -0.2) is 0 Å². The highest BCUT2D eigenvalue weighted by Crippen LogP contribution is 2.20. The number of hydrogen-bond acceptors (Lipinski definition) is 4. The van der Waals surface area contributed by atoms with E-state index in [0.29, 0.717) is 24.5 Å². The lowest BCUT2D eigenvalue weighted by Gasteiger charge is -2.16. The molecule has 1 rings (SSSR count). The van der Waals surface area contributed by atoms with Crippen LogP contribution in [0.4, 0.5) is 0 Å². The Bertz CT molecular complexity index is 499. The van der Waals surface area contributed by atoms with Crippen LogP contribution in [-0.2, 0) is 9.53 Å². The fourth-order valence-corrected chi connectivity index (χ4v) is 1.82. The lowest BCUT2D eigenvalue weighted by molar-refractivity contribution is -0.127. The number of nitrogens with one attached hydrogen (secondary N) is 1. The van der Waals surface area contributed by atoms with E-state index in [4.69, 9.17) is 9.47 Å². The number of ketones is 1. The molecule has 1 aromatic rings. The fourth-order valence-electron chi connectivity index (χ4n) is 1.82. The Kier molecular flexibility index (Phi) is 6.88. The van der Waals surface area contributed by atoms with Crippen molar-refractivity contribution in [3.05, 3.63) is 29.3 Å². The Morgan fingerprint density at radius 3 is 2.62 bits per heavy atom. The van der Waals surface area contributed by atoms with Crippen molar-refractivity contribution < 1.29 is 19.1 Å². The summed E-state index contributed by atoms with van der Waals surface area (Å²) >= 11 is 0. The first-order valence-corrected chi connectivity index (χ1v) is 7.00. The van der Waals surface area contributed by atoms with Crippen LogP contribution in [-0.4, -0.2) is 38.1 Å². The van der Waals surface area contributed by atoms with Crippen molar-refractivity contribution in [2.75, 3.05) is 20.3 Å². The number of rotatable bonds is 8. The first-order chi connectivity index (χ1) is 9.95. The molecule has 0 aliphatic heterocycles. The van der Waals surface area contributed by atoms with Crippen molar-refractivity contribution in [1.29, 1.82) is 0 Å². The molecule has 1 N–H and O–H groups in total. The standard InChI is InChI=1S/C16H23NO4/c1-11-10-14(12(2)18)6-7-15(11)21-13(3)16(19)17-8-5-9-20-4/h6-7,10,13H,5,8-9H2,1-4H3,(H,17,19).